The van der Waals surface area contributed by atoms with Gasteiger partial charge in [-0.2, -0.15) is 0 Å². The van der Waals surface area contributed by atoms with Gasteiger partial charge in [-0.15, -0.1) is 0 Å². The second kappa shape index (κ2) is 5.63. The SMILES string of the molecule is NC(=O)c1cc(OCc2ccc(Cl)cc2)ccc1N. The van der Waals surface area contributed by atoms with Crippen LogP contribution in [0.5, 0.6) is 5.75 Å². The molecule has 98 valence electrons. The van der Waals surface area contributed by atoms with Crippen LogP contribution in [0.25, 0.3) is 0 Å². The Labute approximate surface area is 115 Å². The minimum absolute atomic E-state index is 0.258. The zero-order chi connectivity index (χ0) is 13.8. The van der Waals surface area contributed by atoms with Gasteiger partial charge in [0.05, 0.1) is 5.56 Å². The molecule has 0 aliphatic rings. The van der Waals surface area contributed by atoms with Crippen molar-refractivity contribution in [2.45, 2.75) is 6.61 Å². The smallest absolute Gasteiger partial charge is 0.250 e. The normalized spacial score (nSPS) is 10.2. The lowest BCUT2D eigenvalue weighted by Gasteiger charge is -2.08. The first kappa shape index (κ1) is 13.2. The van der Waals surface area contributed by atoms with Gasteiger partial charge in [0.25, 0.3) is 5.91 Å². The summed E-state index contributed by atoms with van der Waals surface area (Å²) in [5.41, 5.74) is 12.4. The molecule has 4 N–H and O–H groups in total. The van der Waals surface area contributed by atoms with Crippen LogP contribution in [0.15, 0.2) is 42.5 Å². The number of hydrogen-bond acceptors (Lipinski definition) is 3. The number of primary amides is 1. The third-order valence-corrected chi connectivity index (χ3v) is 2.86. The summed E-state index contributed by atoms with van der Waals surface area (Å²) < 4.78 is 5.57. The maximum absolute atomic E-state index is 11.2. The molecule has 0 aliphatic carbocycles. The van der Waals surface area contributed by atoms with Gasteiger partial charge in [0.15, 0.2) is 0 Å². The van der Waals surface area contributed by atoms with Gasteiger partial charge in [-0.05, 0) is 35.9 Å². The van der Waals surface area contributed by atoms with Crippen molar-refractivity contribution in [3.8, 4) is 5.75 Å². The van der Waals surface area contributed by atoms with Crippen molar-refractivity contribution >= 4 is 23.2 Å². The third kappa shape index (κ3) is 3.39. The molecule has 0 heterocycles. The van der Waals surface area contributed by atoms with Gasteiger partial charge in [-0.25, -0.2) is 0 Å². The lowest BCUT2D eigenvalue weighted by Crippen LogP contribution is -2.13. The van der Waals surface area contributed by atoms with E-state index in [2.05, 4.69) is 0 Å². The minimum atomic E-state index is -0.575. The molecule has 0 unspecified atom stereocenters. The van der Waals surface area contributed by atoms with Crippen LogP contribution >= 0.6 is 11.6 Å². The van der Waals surface area contributed by atoms with Gasteiger partial charge < -0.3 is 16.2 Å². The van der Waals surface area contributed by atoms with E-state index in [0.29, 0.717) is 23.1 Å². The monoisotopic (exact) mass is 276 g/mol. The Balaban J connectivity index is 2.09. The van der Waals surface area contributed by atoms with E-state index in [0.717, 1.165) is 5.56 Å². The molecular weight excluding hydrogens is 264 g/mol. The zero-order valence-corrected chi connectivity index (χ0v) is 10.9. The predicted octanol–water partition coefficient (Wildman–Crippen LogP) is 2.60. The van der Waals surface area contributed by atoms with E-state index in [9.17, 15) is 4.79 Å². The summed E-state index contributed by atoms with van der Waals surface area (Å²) in [4.78, 5) is 11.2. The number of amides is 1. The van der Waals surface area contributed by atoms with E-state index in [1.165, 1.54) is 6.07 Å². The van der Waals surface area contributed by atoms with Crippen LogP contribution in [-0.4, -0.2) is 5.91 Å². The molecule has 0 bridgehead atoms. The highest BCUT2D eigenvalue weighted by Crippen LogP contribution is 2.20. The van der Waals surface area contributed by atoms with Crippen molar-refractivity contribution in [2.75, 3.05) is 5.73 Å². The number of rotatable bonds is 4. The molecule has 0 spiro atoms. The number of benzene rings is 2. The molecule has 2 aromatic rings. The van der Waals surface area contributed by atoms with E-state index < -0.39 is 5.91 Å². The van der Waals surface area contributed by atoms with Crippen LogP contribution in [0, 0.1) is 0 Å². The van der Waals surface area contributed by atoms with Crippen LogP contribution in [0.4, 0.5) is 5.69 Å². The molecule has 0 atom stereocenters. The Hall–Kier alpha value is -2.20. The molecule has 0 aromatic heterocycles. The van der Waals surface area contributed by atoms with Crippen molar-refractivity contribution in [1.82, 2.24) is 0 Å². The fourth-order valence-electron chi connectivity index (χ4n) is 1.59. The Kier molecular flexibility index (Phi) is 3.92. The Morgan fingerprint density at radius 3 is 2.47 bits per heavy atom. The number of nitrogen functional groups attached to an aromatic ring is 1. The maximum atomic E-state index is 11.2. The first-order valence-corrected chi connectivity index (χ1v) is 6.00. The standard InChI is InChI=1S/C14H13ClN2O2/c15-10-3-1-9(2-4-10)8-19-11-5-6-13(16)12(7-11)14(17)18/h1-7H,8,16H2,(H2,17,18). The number of carbonyl (C=O) groups excluding carboxylic acids is 1. The first-order valence-electron chi connectivity index (χ1n) is 5.63. The van der Waals surface area contributed by atoms with Crippen LogP contribution in [0.3, 0.4) is 0 Å². The molecule has 0 saturated carbocycles. The molecule has 0 fully saturated rings. The predicted molar refractivity (Wildman–Crippen MR) is 75.2 cm³/mol. The average molecular weight is 277 g/mol. The van der Waals surface area contributed by atoms with Crippen LogP contribution in [-0.2, 0) is 6.61 Å². The number of anilines is 1. The molecule has 2 aromatic carbocycles. The highest BCUT2D eigenvalue weighted by molar-refractivity contribution is 6.30. The third-order valence-electron chi connectivity index (χ3n) is 2.61. The maximum Gasteiger partial charge on any atom is 0.250 e. The summed E-state index contributed by atoms with van der Waals surface area (Å²) in [7, 11) is 0. The quantitative estimate of drug-likeness (QED) is 0.843. The van der Waals surface area contributed by atoms with Crippen molar-refractivity contribution in [3.63, 3.8) is 0 Å². The van der Waals surface area contributed by atoms with Crippen LogP contribution < -0.4 is 16.2 Å². The molecule has 1 amide bonds. The van der Waals surface area contributed by atoms with Gasteiger partial charge >= 0.3 is 0 Å². The van der Waals surface area contributed by atoms with E-state index in [4.69, 9.17) is 27.8 Å². The summed E-state index contributed by atoms with van der Waals surface area (Å²) in [5.74, 6) is -0.0348. The van der Waals surface area contributed by atoms with Crippen molar-refractivity contribution in [3.05, 3.63) is 58.6 Å². The minimum Gasteiger partial charge on any atom is -0.489 e. The second-order valence-electron chi connectivity index (χ2n) is 4.03. The molecule has 0 radical (unpaired) electrons. The van der Waals surface area contributed by atoms with Crippen LogP contribution in [0.1, 0.15) is 15.9 Å². The summed E-state index contributed by atoms with van der Waals surface area (Å²) >= 11 is 5.80. The topological polar surface area (TPSA) is 78.3 Å². The van der Waals surface area contributed by atoms with E-state index in [1.54, 1.807) is 24.3 Å². The van der Waals surface area contributed by atoms with Gasteiger partial charge in [-0.1, -0.05) is 23.7 Å². The van der Waals surface area contributed by atoms with Gasteiger partial charge in [-0.3, -0.25) is 4.79 Å². The van der Waals surface area contributed by atoms with Crippen molar-refractivity contribution < 1.29 is 9.53 Å². The number of nitrogens with two attached hydrogens (primary N) is 2. The van der Waals surface area contributed by atoms with E-state index in [1.807, 2.05) is 12.1 Å². The first-order chi connectivity index (χ1) is 9.06. The summed E-state index contributed by atoms with van der Waals surface area (Å²) in [5, 5.41) is 0.673. The Bertz CT molecular complexity index is 597. The molecule has 2 rings (SSSR count). The fourth-order valence-corrected chi connectivity index (χ4v) is 1.71. The number of carbonyl (C=O) groups is 1. The molecule has 4 nitrogen and oxygen atoms in total. The summed E-state index contributed by atoms with van der Waals surface area (Å²) in [6.45, 7) is 0.374. The second-order valence-corrected chi connectivity index (χ2v) is 4.46. The molecule has 5 heteroatoms. The lowest BCUT2D eigenvalue weighted by molar-refractivity contribution is 0.100. The summed E-state index contributed by atoms with van der Waals surface area (Å²) in [6.07, 6.45) is 0. The van der Waals surface area contributed by atoms with Gasteiger partial charge in [0.1, 0.15) is 12.4 Å². The number of halogens is 1. The highest BCUT2D eigenvalue weighted by Gasteiger charge is 2.07. The average Bonchev–Trinajstić information content (AvgIpc) is 2.39. The zero-order valence-electron chi connectivity index (χ0n) is 10.1. The van der Waals surface area contributed by atoms with E-state index >= 15 is 0 Å². The molecular formula is C14H13ClN2O2. The van der Waals surface area contributed by atoms with Gasteiger partial charge in [0, 0.05) is 10.7 Å². The van der Waals surface area contributed by atoms with E-state index in [-0.39, 0.29) is 5.56 Å². The Morgan fingerprint density at radius 2 is 1.84 bits per heavy atom. The Morgan fingerprint density at radius 1 is 1.16 bits per heavy atom. The van der Waals surface area contributed by atoms with Gasteiger partial charge in [0.2, 0.25) is 0 Å². The lowest BCUT2D eigenvalue weighted by atomic mass is 10.1. The summed E-state index contributed by atoms with van der Waals surface area (Å²) in [6, 6.07) is 12.1. The fraction of sp³-hybridized carbons (Fsp3) is 0.0714. The largest absolute Gasteiger partial charge is 0.489 e. The number of hydrogen-bond donors (Lipinski definition) is 2. The van der Waals surface area contributed by atoms with Crippen LogP contribution in [0.2, 0.25) is 5.02 Å². The molecule has 0 aliphatic heterocycles. The van der Waals surface area contributed by atoms with Crippen molar-refractivity contribution in [1.29, 1.82) is 0 Å². The van der Waals surface area contributed by atoms with Crippen molar-refractivity contribution in [2.24, 2.45) is 5.73 Å². The highest BCUT2D eigenvalue weighted by atomic mass is 35.5. The number of ether oxygens (including phenoxy) is 1. The molecule has 19 heavy (non-hydrogen) atoms. The molecule has 0 saturated heterocycles.